The molecule has 2 heterocycles. The van der Waals surface area contributed by atoms with Crippen LogP contribution in [0.3, 0.4) is 0 Å². The molecule has 0 aliphatic carbocycles. The van der Waals surface area contributed by atoms with Gasteiger partial charge in [-0.2, -0.15) is 4.98 Å². The maximum atomic E-state index is 5.61. The molecule has 112 valence electrons. The standard InChI is InChI=1S/C15H26N4O/c1-5-18(4)10-13-6-7-19(11-13)14-8-16-9-15(17-14)20-12(2)3/h8-9,12-13H,5-7,10-11H2,1-4H3. The smallest absolute Gasteiger partial charge is 0.234 e. The van der Waals surface area contributed by atoms with Gasteiger partial charge in [-0.05, 0) is 39.8 Å². The van der Waals surface area contributed by atoms with Crippen molar-refractivity contribution in [2.75, 3.05) is 38.1 Å². The second-order valence-electron chi connectivity index (χ2n) is 5.84. The van der Waals surface area contributed by atoms with Crippen LogP contribution in [0.2, 0.25) is 0 Å². The van der Waals surface area contributed by atoms with Gasteiger partial charge in [0.25, 0.3) is 0 Å². The minimum absolute atomic E-state index is 0.129. The van der Waals surface area contributed by atoms with Crippen LogP contribution in [0.4, 0.5) is 5.82 Å². The van der Waals surface area contributed by atoms with Crippen molar-refractivity contribution in [3.8, 4) is 5.88 Å². The maximum absolute atomic E-state index is 5.61. The molecule has 5 heteroatoms. The molecule has 1 aliphatic rings. The molecule has 0 aromatic carbocycles. The van der Waals surface area contributed by atoms with Crippen LogP contribution in [0, 0.1) is 5.92 Å². The summed E-state index contributed by atoms with van der Waals surface area (Å²) in [6.07, 6.45) is 4.87. The molecule has 0 saturated carbocycles. The Kier molecular flexibility index (Phi) is 5.17. The van der Waals surface area contributed by atoms with Crippen LogP contribution in [0.1, 0.15) is 27.2 Å². The van der Waals surface area contributed by atoms with Gasteiger partial charge in [0, 0.05) is 19.6 Å². The van der Waals surface area contributed by atoms with E-state index in [2.05, 4.69) is 33.7 Å². The summed E-state index contributed by atoms with van der Waals surface area (Å²) in [6, 6.07) is 0. The Bertz CT molecular complexity index is 424. The van der Waals surface area contributed by atoms with E-state index >= 15 is 0 Å². The zero-order valence-corrected chi connectivity index (χ0v) is 13.0. The molecule has 20 heavy (non-hydrogen) atoms. The highest BCUT2D eigenvalue weighted by Crippen LogP contribution is 2.23. The third-order valence-electron chi connectivity index (χ3n) is 3.68. The topological polar surface area (TPSA) is 41.5 Å². The predicted molar refractivity (Wildman–Crippen MR) is 81.3 cm³/mol. The Hall–Kier alpha value is -1.36. The molecule has 1 fully saturated rings. The van der Waals surface area contributed by atoms with Gasteiger partial charge in [-0.3, -0.25) is 4.98 Å². The second kappa shape index (κ2) is 6.88. The number of ether oxygens (including phenoxy) is 1. The number of hydrogen-bond donors (Lipinski definition) is 0. The van der Waals surface area contributed by atoms with E-state index < -0.39 is 0 Å². The van der Waals surface area contributed by atoms with Crippen LogP contribution in [0.15, 0.2) is 12.4 Å². The highest BCUT2D eigenvalue weighted by atomic mass is 16.5. The predicted octanol–water partition coefficient (Wildman–Crippen LogP) is 2.04. The first-order chi connectivity index (χ1) is 9.58. The van der Waals surface area contributed by atoms with Crippen molar-refractivity contribution in [1.82, 2.24) is 14.9 Å². The Balaban J connectivity index is 1.95. The lowest BCUT2D eigenvalue weighted by atomic mass is 10.1. The molecule has 5 nitrogen and oxygen atoms in total. The number of aromatic nitrogens is 2. The Morgan fingerprint density at radius 1 is 1.45 bits per heavy atom. The molecule has 0 bridgehead atoms. The third-order valence-corrected chi connectivity index (χ3v) is 3.68. The molecule has 0 amide bonds. The minimum atomic E-state index is 0.129. The summed E-state index contributed by atoms with van der Waals surface area (Å²) in [5.41, 5.74) is 0. The number of hydrogen-bond acceptors (Lipinski definition) is 5. The first kappa shape index (κ1) is 15.0. The van der Waals surface area contributed by atoms with E-state index in [-0.39, 0.29) is 6.10 Å². The number of anilines is 1. The van der Waals surface area contributed by atoms with Gasteiger partial charge in [0.05, 0.1) is 18.5 Å². The molecule has 1 aliphatic heterocycles. The van der Waals surface area contributed by atoms with Gasteiger partial charge in [-0.1, -0.05) is 6.92 Å². The molecule has 1 aromatic rings. The summed E-state index contributed by atoms with van der Waals surface area (Å²) in [5.74, 6) is 2.27. The van der Waals surface area contributed by atoms with Gasteiger partial charge in [-0.25, -0.2) is 0 Å². The summed E-state index contributed by atoms with van der Waals surface area (Å²) in [5, 5.41) is 0. The maximum Gasteiger partial charge on any atom is 0.234 e. The minimum Gasteiger partial charge on any atom is -0.474 e. The summed E-state index contributed by atoms with van der Waals surface area (Å²) in [7, 11) is 2.18. The molecule has 0 N–H and O–H groups in total. The van der Waals surface area contributed by atoms with Gasteiger partial charge in [0.1, 0.15) is 0 Å². The van der Waals surface area contributed by atoms with E-state index in [0.29, 0.717) is 5.88 Å². The van der Waals surface area contributed by atoms with E-state index in [0.717, 1.165) is 37.9 Å². The first-order valence-electron chi connectivity index (χ1n) is 7.50. The van der Waals surface area contributed by atoms with Gasteiger partial charge in [-0.15, -0.1) is 0 Å². The summed E-state index contributed by atoms with van der Waals surface area (Å²) < 4.78 is 5.61. The quantitative estimate of drug-likeness (QED) is 0.796. The fraction of sp³-hybridized carbons (Fsp3) is 0.733. The van der Waals surface area contributed by atoms with Gasteiger partial charge >= 0.3 is 0 Å². The van der Waals surface area contributed by atoms with Crippen molar-refractivity contribution in [3.63, 3.8) is 0 Å². The van der Waals surface area contributed by atoms with Crippen LogP contribution in [-0.4, -0.2) is 54.2 Å². The third kappa shape index (κ3) is 4.07. The zero-order valence-electron chi connectivity index (χ0n) is 13.0. The van der Waals surface area contributed by atoms with Crippen molar-refractivity contribution in [1.29, 1.82) is 0 Å². The van der Waals surface area contributed by atoms with Gasteiger partial charge < -0.3 is 14.5 Å². The van der Waals surface area contributed by atoms with Gasteiger partial charge in [0.15, 0.2) is 5.82 Å². The lowest BCUT2D eigenvalue weighted by molar-refractivity contribution is 0.231. The average Bonchev–Trinajstić information content (AvgIpc) is 2.86. The molecular weight excluding hydrogens is 252 g/mol. The van der Waals surface area contributed by atoms with Crippen molar-refractivity contribution >= 4 is 5.82 Å². The van der Waals surface area contributed by atoms with Crippen LogP contribution in [0.25, 0.3) is 0 Å². The normalized spacial score (nSPS) is 19.1. The highest BCUT2D eigenvalue weighted by molar-refractivity contribution is 5.38. The first-order valence-corrected chi connectivity index (χ1v) is 7.50. The van der Waals surface area contributed by atoms with E-state index in [4.69, 9.17) is 4.74 Å². The Labute approximate surface area is 122 Å². The fourth-order valence-corrected chi connectivity index (χ4v) is 2.55. The zero-order chi connectivity index (χ0) is 14.5. The van der Waals surface area contributed by atoms with Gasteiger partial charge in [0.2, 0.25) is 5.88 Å². The Morgan fingerprint density at radius 3 is 2.95 bits per heavy atom. The second-order valence-corrected chi connectivity index (χ2v) is 5.84. The fourth-order valence-electron chi connectivity index (χ4n) is 2.55. The lowest BCUT2D eigenvalue weighted by Gasteiger charge is -2.21. The molecular formula is C15H26N4O. The van der Waals surface area contributed by atoms with Crippen molar-refractivity contribution in [2.24, 2.45) is 5.92 Å². The number of rotatable bonds is 6. The molecule has 1 unspecified atom stereocenters. The van der Waals surface area contributed by atoms with Crippen LogP contribution >= 0.6 is 0 Å². The van der Waals surface area contributed by atoms with E-state index in [1.54, 1.807) is 6.20 Å². The lowest BCUT2D eigenvalue weighted by Crippen LogP contribution is -2.28. The van der Waals surface area contributed by atoms with Crippen LogP contribution in [-0.2, 0) is 0 Å². The number of nitrogens with zero attached hydrogens (tertiary/aromatic N) is 4. The Morgan fingerprint density at radius 2 is 2.25 bits per heavy atom. The summed E-state index contributed by atoms with van der Waals surface area (Å²) in [6.45, 7) is 10.6. The van der Waals surface area contributed by atoms with E-state index in [9.17, 15) is 0 Å². The summed E-state index contributed by atoms with van der Waals surface area (Å²) in [4.78, 5) is 13.5. The summed E-state index contributed by atoms with van der Waals surface area (Å²) >= 11 is 0. The average molecular weight is 278 g/mol. The van der Waals surface area contributed by atoms with Crippen molar-refractivity contribution in [3.05, 3.63) is 12.4 Å². The highest BCUT2D eigenvalue weighted by Gasteiger charge is 2.24. The van der Waals surface area contributed by atoms with Crippen LogP contribution < -0.4 is 9.64 Å². The molecule has 1 atom stereocenters. The molecule has 0 radical (unpaired) electrons. The molecule has 2 rings (SSSR count). The van der Waals surface area contributed by atoms with Crippen molar-refractivity contribution in [2.45, 2.75) is 33.3 Å². The molecule has 0 spiro atoms. The van der Waals surface area contributed by atoms with E-state index in [1.165, 1.54) is 6.42 Å². The monoisotopic (exact) mass is 278 g/mol. The van der Waals surface area contributed by atoms with Crippen LogP contribution in [0.5, 0.6) is 5.88 Å². The molecule has 1 saturated heterocycles. The largest absolute Gasteiger partial charge is 0.474 e. The SMILES string of the molecule is CCN(C)CC1CCN(c2cncc(OC(C)C)n2)C1. The molecule has 1 aromatic heterocycles. The van der Waals surface area contributed by atoms with Crippen molar-refractivity contribution < 1.29 is 4.74 Å². The van der Waals surface area contributed by atoms with E-state index in [1.807, 2.05) is 20.0 Å².